The fourth-order valence-corrected chi connectivity index (χ4v) is 2.59. The standard InChI is InChI=1S/C18H19N5O3/c1-11-20-12(9-17(25)21-11)10-19-16(24)8-7-15-18(26-2)23-14-6-4-3-5-13(14)22-15/h3-6,9H,7-8,10H2,1-2H3,(H,19,24)(H,20,21,25). The Morgan fingerprint density at radius 1 is 1.19 bits per heavy atom. The molecule has 0 radical (unpaired) electrons. The largest absolute Gasteiger partial charge is 0.480 e. The number of H-pyrrole nitrogens is 1. The van der Waals surface area contributed by atoms with Crippen molar-refractivity contribution in [2.45, 2.75) is 26.3 Å². The van der Waals surface area contributed by atoms with E-state index in [9.17, 15) is 9.59 Å². The number of carbonyl (C=O) groups is 1. The van der Waals surface area contributed by atoms with Gasteiger partial charge in [0.1, 0.15) is 11.5 Å². The van der Waals surface area contributed by atoms with Crippen LogP contribution in [0.1, 0.15) is 23.6 Å². The van der Waals surface area contributed by atoms with Gasteiger partial charge in [-0.2, -0.15) is 0 Å². The molecule has 0 aliphatic carbocycles. The fraction of sp³-hybridized carbons (Fsp3) is 0.278. The van der Waals surface area contributed by atoms with Gasteiger partial charge in [-0.15, -0.1) is 0 Å². The second-order valence-electron chi connectivity index (χ2n) is 5.77. The SMILES string of the molecule is COc1nc2ccccc2nc1CCC(=O)NCc1cc(=O)[nH]c(C)n1. The number of ether oxygens (including phenoxy) is 1. The van der Waals surface area contributed by atoms with E-state index in [1.807, 2.05) is 24.3 Å². The third kappa shape index (κ3) is 4.21. The Morgan fingerprint density at radius 2 is 1.92 bits per heavy atom. The Kier molecular flexibility index (Phi) is 5.21. The number of amides is 1. The summed E-state index contributed by atoms with van der Waals surface area (Å²) in [6.45, 7) is 1.89. The van der Waals surface area contributed by atoms with Gasteiger partial charge in [0, 0.05) is 18.9 Å². The maximum absolute atomic E-state index is 12.1. The molecule has 26 heavy (non-hydrogen) atoms. The van der Waals surface area contributed by atoms with Crippen LogP contribution in [-0.2, 0) is 17.8 Å². The number of aryl methyl sites for hydroxylation is 2. The second kappa shape index (κ2) is 7.73. The summed E-state index contributed by atoms with van der Waals surface area (Å²) < 4.78 is 5.29. The van der Waals surface area contributed by atoms with E-state index in [0.29, 0.717) is 29.5 Å². The predicted octanol–water partition coefficient (Wildman–Crippen LogP) is 1.28. The van der Waals surface area contributed by atoms with Crippen molar-refractivity contribution >= 4 is 16.9 Å². The molecule has 0 atom stereocenters. The van der Waals surface area contributed by atoms with E-state index in [4.69, 9.17) is 4.74 Å². The first-order valence-corrected chi connectivity index (χ1v) is 8.18. The van der Waals surface area contributed by atoms with E-state index in [0.717, 1.165) is 11.0 Å². The monoisotopic (exact) mass is 353 g/mol. The zero-order chi connectivity index (χ0) is 18.5. The van der Waals surface area contributed by atoms with Gasteiger partial charge in [0.25, 0.3) is 5.56 Å². The van der Waals surface area contributed by atoms with E-state index >= 15 is 0 Å². The normalized spacial score (nSPS) is 10.7. The molecule has 0 saturated heterocycles. The van der Waals surface area contributed by atoms with Crippen LogP contribution in [-0.4, -0.2) is 33.0 Å². The lowest BCUT2D eigenvalue weighted by Gasteiger charge is -2.09. The highest BCUT2D eigenvalue weighted by atomic mass is 16.5. The van der Waals surface area contributed by atoms with Crippen LogP contribution in [0.25, 0.3) is 11.0 Å². The highest BCUT2D eigenvalue weighted by Crippen LogP contribution is 2.19. The molecule has 0 aliphatic rings. The number of methoxy groups -OCH3 is 1. The molecular formula is C18H19N5O3. The maximum Gasteiger partial charge on any atom is 0.251 e. The van der Waals surface area contributed by atoms with Crippen molar-refractivity contribution in [2.75, 3.05) is 7.11 Å². The molecule has 0 spiro atoms. The molecule has 0 saturated carbocycles. The summed E-state index contributed by atoms with van der Waals surface area (Å²) in [6.07, 6.45) is 0.625. The number of para-hydroxylation sites is 2. The first kappa shape index (κ1) is 17.5. The van der Waals surface area contributed by atoms with Gasteiger partial charge in [0.15, 0.2) is 0 Å². The summed E-state index contributed by atoms with van der Waals surface area (Å²) in [7, 11) is 1.53. The Bertz CT molecular complexity index is 1000. The van der Waals surface area contributed by atoms with Crippen molar-refractivity contribution < 1.29 is 9.53 Å². The van der Waals surface area contributed by atoms with Crippen molar-refractivity contribution in [3.8, 4) is 5.88 Å². The molecule has 0 bridgehead atoms. The summed E-state index contributed by atoms with van der Waals surface area (Å²) >= 11 is 0. The van der Waals surface area contributed by atoms with Crippen LogP contribution in [0.5, 0.6) is 5.88 Å². The molecule has 0 aliphatic heterocycles. The van der Waals surface area contributed by atoms with Crippen molar-refractivity contribution in [3.63, 3.8) is 0 Å². The minimum absolute atomic E-state index is 0.165. The smallest absolute Gasteiger partial charge is 0.251 e. The molecule has 8 heteroatoms. The first-order valence-electron chi connectivity index (χ1n) is 8.18. The van der Waals surface area contributed by atoms with Gasteiger partial charge in [-0.3, -0.25) is 9.59 Å². The van der Waals surface area contributed by atoms with E-state index < -0.39 is 0 Å². The number of benzene rings is 1. The average Bonchev–Trinajstić information content (AvgIpc) is 2.63. The van der Waals surface area contributed by atoms with Gasteiger partial charge in [-0.25, -0.2) is 15.0 Å². The van der Waals surface area contributed by atoms with Crippen LogP contribution in [0.3, 0.4) is 0 Å². The number of carbonyl (C=O) groups excluding carboxylic acids is 1. The fourth-order valence-electron chi connectivity index (χ4n) is 2.59. The number of aromatic nitrogens is 4. The zero-order valence-electron chi connectivity index (χ0n) is 14.6. The molecule has 134 valence electrons. The summed E-state index contributed by atoms with van der Waals surface area (Å²) in [5, 5.41) is 2.76. The molecule has 3 aromatic rings. The van der Waals surface area contributed by atoms with Crippen molar-refractivity contribution in [2.24, 2.45) is 0 Å². The number of nitrogens with one attached hydrogen (secondary N) is 2. The summed E-state index contributed by atoms with van der Waals surface area (Å²) in [5.41, 5.74) is 2.41. The third-order valence-corrected chi connectivity index (χ3v) is 3.77. The molecular weight excluding hydrogens is 334 g/mol. The summed E-state index contributed by atoms with van der Waals surface area (Å²) in [6, 6.07) is 8.86. The maximum atomic E-state index is 12.1. The molecule has 8 nitrogen and oxygen atoms in total. The lowest BCUT2D eigenvalue weighted by atomic mass is 10.2. The predicted molar refractivity (Wildman–Crippen MR) is 95.9 cm³/mol. The van der Waals surface area contributed by atoms with Crippen LogP contribution >= 0.6 is 0 Å². The molecule has 1 amide bonds. The van der Waals surface area contributed by atoms with Crippen molar-refractivity contribution in [3.05, 3.63) is 57.9 Å². The number of hydrogen-bond acceptors (Lipinski definition) is 6. The Labute approximate surface area is 149 Å². The molecule has 0 fully saturated rings. The van der Waals surface area contributed by atoms with Gasteiger partial charge >= 0.3 is 0 Å². The van der Waals surface area contributed by atoms with E-state index in [1.165, 1.54) is 13.2 Å². The molecule has 2 N–H and O–H groups in total. The summed E-state index contributed by atoms with van der Waals surface area (Å²) in [4.78, 5) is 39.2. The van der Waals surface area contributed by atoms with Gasteiger partial charge < -0.3 is 15.0 Å². The van der Waals surface area contributed by atoms with Crippen LogP contribution in [0.15, 0.2) is 35.1 Å². The summed E-state index contributed by atoms with van der Waals surface area (Å²) in [5.74, 6) is 0.767. The van der Waals surface area contributed by atoms with E-state index in [-0.39, 0.29) is 24.4 Å². The molecule has 2 aromatic heterocycles. The lowest BCUT2D eigenvalue weighted by Crippen LogP contribution is -2.25. The average molecular weight is 353 g/mol. The Morgan fingerprint density at radius 3 is 2.62 bits per heavy atom. The van der Waals surface area contributed by atoms with Gasteiger partial charge in [-0.05, 0) is 19.1 Å². The van der Waals surface area contributed by atoms with Crippen LogP contribution in [0.4, 0.5) is 0 Å². The zero-order valence-corrected chi connectivity index (χ0v) is 14.6. The number of hydrogen-bond donors (Lipinski definition) is 2. The molecule has 0 unspecified atom stereocenters. The lowest BCUT2D eigenvalue weighted by molar-refractivity contribution is -0.121. The minimum atomic E-state index is -0.238. The number of aromatic amines is 1. The van der Waals surface area contributed by atoms with Gasteiger partial charge in [-0.1, -0.05) is 12.1 Å². The third-order valence-electron chi connectivity index (χ3n) is 3.77. The number of nitrogens with zero attached hydrogens (tertiary/aromatic N) is 3. The topological polar surface area (TPSA) is 110 Å². The second-order valence-corrected chi connectivity index (χ2v) is 5.77. The van der Waals surface area contributed by atoms with Crippen molar-refractivity contribution in [1.29, 1.82) is 0 Å². The van der Waals surface area contributed by atoms with Crippen LogP contribution in [0, 0.1) is 6.92 Å². The van der Waals surface area contributed by atoms with Gasteiger partial charge in [0.05, 0.1) is 30.4 Å². The molecule has 2 heterocycles. The molecule has 1 aromatic carbocycles. The van der Waals surface area contributed by atoms with E-state index in [2.05, 4.69) is 25.3 Å². The highest BCUT2D eigenvalue weighted by molar-refractivity contribution is 5.77. The van der Waals surface area contributed by atoms with E-state index in [1.54, 1.807) is 6.92 Å². The number of rotatable bonds is 6. The molecule has 3 rings (SSSR count). The van der Waals surface area contributed by atoms with Crippen molar-refractivity contribution in [1.82, 2.24) is 25.3 Å². The highest BCUT2D eigenvalue weighted by Gasteiger charge is 2.11. The number of fused-ring (bicyclic) bond motifs is 1. The van der Waals surface area contributed by atoms with Crippen LogP contribution < -0.4 is 15.6 Å². The first-order chi connectivity index (χ1) is 12.5. The Balaban J connectivity index is 1.63. The quantitative estimate of drug-likeness (QED) is 0.691. The van der Waals surface area contributed by atoms with Crippen LogP contribution in [0.2, 0.25) is 0 Å². The van der Waals surface area contributed by atoms with Gasteiger partial charge in [0.2, 0.25) is 11.8 Å². The Hall–Kier alpha value is -3.29. The minimum Gasteiger partial charge on any atom is -0.480 e.